The number of carbonyl (C=O) groups excluding carboxylic acids is 2. The van der Waals surface area contributed by atoms with Gasteiger partial charge in [0.25, 0.3) is 0 Å². The first kappa shape index (κ1) is 33.6. The number of carbonyl (C=O) groups is 2. The summed E-state index contributed by atoms with van der Waals surface area (Å²) in [5.74, 6) is 1.05. The summed E-state index contributed by atoms with van der Waals surface area (Å²) in [5.41, 5.74) is -0.127. The maximum Gasteiger partial charge on any atom is 0.481 e. The molecule has 3 saturated carbocycles. The van der Waals surface area contributed by atoms with Crippen molar-refractivity contribution in [1.29, 1.82) is 5.41 Å². The standard InChI is InChI=1S/C34H50BN5O4S/c1-21(2)16-29(35-43-28-19-24-18-27(33(24,3)4)34(28,5)44-35)40-31(42)26(12-9-15-38-32(36)37-6)39-30(41)20-45-25-14-13-22-10-7-8-11-23(22)17-25/h7-8,10-11,13-14,17,21,24,26-29H,9,12,15-16,18-20H2,1-6H3,(H,39,41)(H,40,42)(H3,36,37,38)/t24-,26-,27-,28+,29-,34-/m0/s1. The van der Waals surface area contributed by atoms with Gasteiger partial charge in [-0.3, -0.25) is 15.0 Å². The first-order valence-corrected chi connectivity index (χ1v) is 17.4. The summed E-state index contributed by atoms with van der Waals surface area (Å²) in [6.07, 6.45) is 3.92. The minimum absolute atomic E-state index is 0.0297. The van der Waals surface area contributed by atoms with Gasteiger partial charge in [0.05, 0.1) is 23.4 Å². The van der Waals surface area contributed by atoms with Crippen molar-refractivity contribution < 1.29 is 18.9 Å². The third kappa shape index (κ3) is 7.47. The Hall–Kier alpha value is -2.76. The SMILES string of the molecule is CNC(=N)NCCC[C@H](NC(=O)CSc1ccc2ccccc2c1)C(=O)N[C@@H](CC(C)C)B1O[C@@H]2C[C@@H]3C[C@@H](C3(C)C)[C@]2(C)O1. The number of thioether (sulfide) groups is 1. The number of rotatable bonds is 13. The van der Waals surface area contributed by atoms with E-state index in [0.29, 0.717) is 43.6 Å². The van der Waals surface area contributed by atoms with Crippen molar-refractivity contribution in [2.45, 2.75) is 95.3 Å². The van der Waals surface area contributed by atoms with Crippen LogP contribution >= 0.6 is 11.8 Å². The molecule has 1 saturated heterocycles. The third-order valence-electron chi connectivity index (χ3n) is 10.3. The monoisotopic (exact) mass is 635 g/mol. The predicted octanol–water partition coefficient (Wildman–Crippen LogP) is 4.74. The molecule has 5 N–H and O–H groups in total. The van der Waals surface area contributed by atoms with E-state index >= 15 is 0 Å². The first-order chi connectivity index (χ1) is 21.4. The largest absolute Gasteiger partial charge is 0.481 e. The highest BCUT2D eigenvalue weighted by Crippen LogP contribution is 2.65. The normalized spacial score (nSPS) is 26.0. The molecular formula is C34H50BN5O4S. The lowest BCUT2D eigenvalue weighted by Crippen LogP contribution is -2.65. The van der Waals surface area contributed by atoms with Crippen molar-refractivity contribution >= 4 is 47.4 Å². The van der Waals surface area contributed by atoms with Crippen molar-refractivity contribution in [3.8, 4) is 0 Å². The van der Waals surface area contributed by atoms with Crippen LogP contribution in [-0.4, -0.2) is 67.9 Å². The van der Waals surface area contributed by atoms with Crippen LogP contribution < -0.4 is 21.3 Å². The van der Waals surface area contributed by atoms with E-state index in [1.807, 2.05) is 18.2 Å². The van der Waals surface area contributed by atoms with Crippen LogP contribution in [0.15, 0.2) is 47.4 Å². The van der Waals surface area contributed by atoms with Crippen molar-refractivity contribution in [2.24, 2.45) is 23.2 Å². The summed E-state index contributed by atoms with van der Waals surface area (Å²) < 4.78 is 13.3. The van der Waals surface area contributed by atoms with E-state index in [2.05, 4.69) is 80.2 Å². The lowest BCUT2D eigenvalue weighted by molar-refractivity contribution is -0.199. The van der Waals surface area contributed by atoms with Crippen molar-refractivity contribution in [1.82, 2.24) is 21.3 Å². The Balaban J connectivity index is 1.24. The number of nitrogens with one attached hydrogen (secondary N) is 5. The van der Waals surface area contributed by atoms with E-state index in [1.165, 1.54) is 18.2 Å². The van der Waals surface area contributed by atoms with Crippen LogP contribution in [0.25, 0.3) is 10.8 Å². The van der Waals surface area contributed by atoms with Gasteiger partial charge >= 0.3 is 7.12 Å². The molecule has 2 bridgehead atoms. The lowest BCUT2D eigenvalue weighted by atomic mass is 9.43. The summed E-state index contributed by atoms with van der Waals surface area (Å²) in [7, 11) is 1.15. The summed E-state index contributed by atoms with van der Waals surface area (Å²) in [4.78, 5) is 28.1. The Kier molecular flexibility index (Phi) is 10.4. The van der Waals surface area contributed by atoms with Crippen LogP contribution in [0.3, 0.4) is 0 Å². The zero-order valence-electron chi connectivity index (χ0n) is 27.6. The number of benzene rings is 2. The topological polar surface area (TPSA) is 125 Å². The zero-order chi connectivity index (χ0) is 32.4. The highest BCUT2D eigenvalue weighted by atomic mass is 32.2. The Morgan fingerprint density at radius 1 is 1.09 bits per heavy atom. The van der Waals surface area contributed by atoms with Crippen molar-refractivity contribution in [3.05, 3.63) is 42.5 Å². The molecule has 3 aliphatic carbocycles. The fourth-order valence-electron chi connectivity index (χ4n) is 7.62. The fourth-order valence-corrected chi connectivity index (χ4v) is 8.37. The Morgan fingerprint density at radius 2 is 1.84 bits per heavy atom. The van der Waals surface area contributed by atoms with E-state index in [1.54, 1.807) is 7.05 Å². The molecule has 1 aliphatic heterocycles. The number of hydrogen-bond acceptors (Lipinski definition) is 6. The smallest absolute Gasteiger partial charge is 0.404 e. The molecule has 4 aliphatic rings. The average Bonchev–Trinajstić information content (AvgIpc) is 3.37. The molecule has 244 valence electrons. The minimum atomic E-state index is -0.721. The maximum atomic E-state index is 13.9. The molecule has 0 unspecified atom stereocenters. The molecule has 0 radical (unpaired) electrons. The molecule has 0 aromatic heterocycles. The minimum Gasteiger partial charge on any atom is -0.404 e. The van der Waals surface area contributed by atoms with Gasteiger partial charge in [-0.1, -0.05) is 58.0 Å². The summed E-state index contributed by atoms with van der Waals surface area (Å²) in [6.45, 7) is 11.7. The molecule has 4 fully saturated rings. The lowest BCUT2D eigenvalue weighted by Gasteiger charge is -2.64. The summed E-state index contributed by atoms with van der Waals surface area (Å²) in [6, 6.07) is 13.6. The first-order valence-electron chi connectivity index (χ1n) is 16.5. The van der Waals surface area contributed by atoms with E-state index < -0.39 is 13.2 Å². The molecule has 2 aromatic carbocycles. The van der Waals surface area contributed by atoms with Gasteiger partial charge in [0.15, 0.2) is 5.96 Å². The van der Waals surface area contributed by atoms with Gasteiger partial charge in [-0.15, -0.1) is 11.8 Å². The molecular weight excluding hydrogens is 585 g/mol. The van der Waals surface area contributed by atoms with Gasteiger partial charge in [-0.2, -0.15) is 0 Å². The maximum absolute atomic E-state index is 13.9. The number of guanidine groups is 1. The summed E-state index contributed by atoms with van der Waals surface area (Å²) in [5, 5.41) is 22.1. The van der Waals surface area contributed by atoms with E-state index in [-0.39, 0.29) is 46.6 Å². The number of amides is 2. The molecule has 9 nitrogen and oxygen atoms in total. The molecule has 45 heavy (non-hydrogen) atoms. The van der Waals surface area contributed by atoms with Gasteiger partial charge in [-0.05, 0) is 85.1 Å². The second-order valence-electron chi connectivity index (χ2n) is 14.2. The van der Waals surface area contributed by atoms with Crippen molar-refractivity contribution in [3.63, 3.8) is 0 Å². The molecule has 0 spiro atoms. The zero-order valence-corrected chi connectivity index (χ0v) is 28.4. The quantitative estimate of drug-likeness (QED) is 0.0709. The fraction of sp³-hybridized carbons (Fsp3) is 0.618. The molecule has 2 amide bonds. The van der Waals surface area contributed by atoms with Crippen LogP contribution in [0, 0.1) is 28.6 Å². The summed E-state index contributed by atoms with van der Waals surface area (Å²) >= 11 is 1.46. The van der Waals surface area contributed by atoms with E-state index in [0.717, 1.165) is 22.1 Å². The Bertz CT molecular complexity index is 1390. The molecule has 1 heterocycles. The van der Waals surface area contributed by atoms with Gasteiger partial charge in [-0.25, -0.2) is 0 Å². The average molecular weight is 636 g/mol. The predicted molar refractivity (Wildman–Crippen MR) is 182 cm³/mol. The Morgan fingerprint density at radius 3 is 2.56 bits per heavy atom. The Labute approximate surface area is 272 Å². The van der Waals surface area contributed by atoms with Crippen LogP contribution in [-0.2, 0) is 18.9 Å². The van der Waals surface area contributed by atoms with E-state index in [4.69, 9.17) is 14.7 Å². The number of fused-ring (bicyclic) bond motifs is 1. The molecule has 6 rings (SSSR count). The number of hydrogen-bond donors (Lipinski definition) is 5. The van der Waals surface area contributed by atoms with Gasteiger partial charge in [0.2, 0.25) is 11.8 Å². The second kappa shape index (κ2) is 13.9. The van der Waals surface area contributed by atoms with Gasteiger partial charge in [0, 0.05) is 18.5 Å². The molecule has 11 heteroatoms. The highest BCUT2D eigenvalue weighted by Gasteiger charge is 2.68. The highest BCUT2D eigenvalue weighted by molar-refractivity contribution is 8.00. The third-order valence-corrected chi connectivity index (χ3v) is 11.3. The van der Waals surface area contributed by atoms with Gasteiger partial charge in [0.1, 0.15) is 6.04 Å². The van der Waals surface area contributed by atoms with Crippen molar-refractivity contribution in [2.75, 3.05) is 19.3 Å². The van der Waals surface area contributed by atoms with Gasteiger partial charge < -0.3 is 30.6 Å². The van der Waals surface area contributed by atoms with Crippen LogP contribution in [0.5, 0.6) is 0 Å². The molecule has 6 atom stereocenters. The van der Waals surface area contributed by atoms with Crippen LogP contribution in [0.4, 0.5) is 0 Å². The van der Waals surface area contributed by atoms with Crippen LogP contribution in [0.1, 0.15) is 66.7 Å². The van der Waals surface area contributed by atoms with E-state index in [9.17, 15) is 9.59 Å². The molecule has 2 aromatic rings. The van der Waals surface area contributed by atoms with Crippen LogP contribution in [0.2, 0.25) is 0 Å². The second-order valence-corrected chi connectivity index (χ2v) is 15.2.